The fourth-order valence-electron chi connectivity index (χ4n) is 3.41. The maximum atomic E-state index is 5.72. The summed E-state index contributed by atoms with van der Waals surface area (Å²) in [6, 6.07) is 0. The van der Waals surface area contributed by atoms with E-state index in [0.29, 0.717) is 0 Å². The van der Waals surface area contributed by atoms with Gasteiger partial charge in [0, 0.05) is 0 Å². The van der Waals surface area contributed by atoms with Crippen LogP contribution in [-0.4, -0.2) is 31.6 Å². The van der Waals surface area contributed by atoms with Gasteiger partial charge in [-0.1, -0.05) is 0 Å². The van der Waals surface area contributed by atoms with E-state index in [1.54, 1.807) is 18.9 Å². The Morgan fingerprint density at radius 1 is 0.857 bits per heavy atom. The molecule has 0 atom stereocenters. The van der Waals surface area contributed by atoms with Crippen LogP contribution in [0.3, 0.4) is 0 Å². The molecule has 1 fully saturated rings. The van der Waals surface area contributed by atoms with Crippen LogP contribution in [0.5, 0.6) is 0 Å². The number of allylic oxidation sites excluding steroid dienone is 1. The van der Waals surface area contributed by atoms with Gasteiger partial charge in [-0.3, -0.25) is 0 Å². The zero-order valence-electron chi connectivity index (χ0n) is 14.8. The minimum absolute atomic E-state index is 0.847. The van der Waals surface area contributed by atoms with E-state index in [-0.39, 0.29) is 0 Å². The third-order valence-electron chi connectivity index (χ3n) is 4.84. The van der Waals surface area contributed by atoms with Crippen molar-refractivity contribution in [1.29, 1.82) is 0 Å². The summed E-state index contributed by atoms with van der Waals surface area (Å²) in [4.78, 5) is 0. The number of unbranched alkanes of at least 4 members (excludes halogenated alkanes) is 3. The molecule has 2 heteroatoms. The Hall–Kier alpha value is 0.239. The molecule has 0 aliphatic carbocycles. The summed E-state index contributed by atoms with van der Waals surface area (Å²) in [5.74, 6) is 0. The fraction of sp³-hybridized carbons (Fsp3) is 0.789. The predicted octanol–water partition coefficient (Wildman–Crippen LogP) is 6.28. The number of hydrogen-bond donors (Lipinski definition) is 0. The molecule has 0 aromatic heterocycles. The van der Waals surface area contributed by atoms with Crippen molar-refractivity contribution in [1.82, 2.24) is 0 Å². The first kappa shape index (κ1) is 19.3. The Bertz CT molecular complexity index is 322. The Morgan fingerprint density at radius 2 is 1.33 bits per heavy atom. The molecule has 21 heavy (non-hydrogen) atoms. The minimum atomic E-state index is -2.12. The second-order valence-electron chi connectivity index (χ2n) is 6.65. The molecule has 0 N–H and O–H groups in total. The summed E-state index contributed by atoms with van der Waals surface area (Å²) in [6.45, 7) is 10.9. The molecule has 0 amide bonds. The summed E-state index contributed by atoms with van der Waals surface area (Å²) >= 11 is -2.12. The van der Waals surface area contributed by atoms with Crippen LogP contribution in [0.2, 0.25) is 13.3 Å². The summed E-state index contributed by atoms with van der Waals surface area (Å²) < 4.78 is 13.2. The first-order valence-corrected chi connectivity index (χ1v) is 16.9. The predicted molar refractivity (Wildman–Crippen MR) is 97.6 cm³/mol. The van der Waals surface area contributed by atoms with E-state index < -0.39 is 18.4 Å². The molecule has 0 radical (unpaired) electrons. The van der Waals surface area contributed by atoms with Gasteiger partial charge in [0.25, 0.3) is 0 Å². The van der Waals surface area contributed by atoms with Gasteiger partial charge < -0.3 is 0 Å². The van der Waals surface area contributed by atoms with Gasteiger partial charge in [0.2, 0.25) is 0 Å². The van der Waals surface area contributed by atoms with E-state index in [1.807, 2.05) is 0 Å². The zero-order valence-corrected chi connectivity index (χ0v) is 17.7. The third-order valence-corrected chi connectivity index (χ3v) is 19.1. The zero-order chi connectivity index (χ0) is 15.6. The van der Waals surface area contributed by atoms with Crippen LogP contribution in [0.15, 0.2) is 21.3 Å². The molecule has 0 saturated carbocycles. The fourth-order valence-corrected chi connectivity index (χ4v) is 18.7. The van der Waals surface area contributed by atoms with E-state index in [4.69, 9.17) is 4.74 Å². The molecule has 0 spiro atoms. The molecule has 1 aliphatic heterocycles. The van der Waals surface area contributed by atoms with Crippen LogP contribution in [0.1, 0.15) is 66.2 Å². The Kier molecular flexibility index (Phi) is 9.99. The van der Waals surface area contributed by atoms with Gasteiger partial charge in [0.05, 0.1) is 0 Å². The van der Waals surface area contributed by atoms with Gasteiger partial charge in [-0.05, 0) is 0 Å². The summed E-state index contributed by atoms with van der Waals surface area (Å²) in [7, 11) is 0. The molecule has 1 aliphatic rings. The van der Waals surface area contributed by atoms with Crippen molar-refractivity contribution in [3.63, 3.8) is 0 Å². The normalized spacial score (nSPS) is 19.8. The van der Waals surface area contributed by atoms with Crippen LogP contribution < -0.4 is 0 Å². The molecule has 1 heterocycles. The summed E-state index contributed by atoms with van der Waals surface area (Å²) in [5, 5.41) is 0. The van der Waals surface area contributed by atoms with Crippen molar-refractivity contribution in [2.24, 2.45) is 0 Å². The van der Waals surface area contributed by atoms with E-state index in [1.165, 1.54) is 44.1 Å². The topological polar surface area (TPSA) is 9.23 Å². The average Bonchev–Trinajstić information content (AvgIpc) is 2.95. The van der Waals surface area contributed by atoms with Crippen molar-refractivity contribution in [2.75, 3.05) is 13.2 Å². The number of rotatable bonds is 10. The van der Waals surface area contributed by atoms with Gasteiger partial charge in [-0.15, -0.1) is 0 Å². The van der Waals surface area contributed by atoms with Crippen molar-refractivity contribution < 1.29 is 4.74 Å². The number of ether oxygens (including phenoxy) is 1. The Balaban J connectivity index is 2.97. The first-order chi connectivity index (χ1) is 10.2. The molecular weight excluding hydrogens is 363 g/mol. The van der Waals surface area contributed by atoms with Crippen LogP contribution in [0.25, 0.3) is 0 Å². The third kappa shape index (κ3) is 6.48. The number of hydrogen-bond acceptors (Lipinski definition) is 1. The van der Waals surface area contributed by atoms with Gasteiger partial charge in [0.1, 0.15) is 0 Å². The molecule has 0 aromatic carbocycles. The van der Waals surface area contributed by atoms with Gasteiger partial charge in [0.15, 0.2) is 0 Å². The van der Waals surface area contributed by atoms with Crippen LogP contribution in [0, 0.1) is 0 Å². The maximum absolute atomic E-state index is 5.72. The standard InChI is InChI=1S/C7H9O.3C4H9.Sn/c1-3-7-5-8-4-6(7)2;3*1-3-4-2;/h2-3H,4-5H2,1H3;3*1,3-4H2,2H3;/b6-2?,7-3+;;;;. The van der Waals surface area contributed by atoms with E-state index >= 15 is 0 Å². The van der Waals surface area contributed by atoms with Crippen LogP contribution >= 0.6 is 0 Å². The molecule has 1 rings (SSSR count). The monoisotopic (exact) mass is 400 g/mol. The van der Waals surface area contributed by atoms with Crippen molar-refractivity contribution in [2.45, 2.75) is 79.5 Å². The molecular formula is C19H36OSn. The molecule has 1 nitrogen and oxygen atoms in total. The molecule has 0 unspecified atom stereocenters. The molecule has 122 valence electrons. The summed E-state index contributed by atoms with van der Waals surface area (Å²) in [5.41, 5.74) is 3.04. The van der Waals surface area contributed by atoms with Crippen molar-refractivity contribution >= 4 is 18.4 Å². The molecule has 1 saturated heterocycles. The SMILES string of the molecule is C/C=C1\COC\C1=[CH]\[Sn]([CH2]CCC)([CH2]CCC)[CH2]CCC. The second-order valence-corrected chi connectivity index (χ2v) is 19.5. The van der Waals surface area contributed by atoms with Crippen LogP contribution in [0.4, 0.5) is 0 Å². The van der Waals surface area contributed by atoms with E-state index in [2.05, 4.69) is 37.9 Å². The van der Waals surface area contributed by atoms with Gasteiger partial charge in [-0.2, -0.15) is 0 Å². The Morgan fingerprint density at radius 3 is 1.76 bits per heavy atom. The first-order valence-electron chi connectivity index (χ1n) is 9.16. The van der Waals surface area contributed by atoms with Crippen LogP contribution in [-0.2, 0) is 4.74 Å². The van der Waals surface area contributed by atoms with Crippen molar-refractivity contribution in [3.05, 3.63) is 21.3 Å². The van der Waals surface area contributed by atoms with Gasteiger partial charge >= 0.3 is 137 Å². The summed E-state index contributed by atoms with van der Waals surface area (Å²) in [6.07, 6.45) is 10.7. The van der Waals surface area contributed by atoms with Gasteiger partial charge in [-0.25, -0.2) is 0 Å². The second kappa shape index (κ2) is 10.9. The Labute approximate surface area is 137 Å². The average molecular weight is 399 g/mol. The van der Waals surface area contributed by atoms with E-state index in [0.717, 1.165) is 13.2 Å². The molecule has 0 bridgehead atoms. The molecule has 0 aromatic rings. The van der Waals surface area contributed by atoms with E-state index in [9.17, 15) is 0 Å². The quantitative estimate of drug-likeness (QED) is 0.393. The van der Waals surface area contributed by atoms with Crippen molar-refractivity contribution in [3.8, 4) is 0 Å².